The molecule has 0 atom stereocenters. The Morgan fingerprint density at radius 2 is 2.25 bits per heavy atom. The van der Waals surface area contributed by atoms with Gasteiger partial charge in [0, 0.05) is 24.6 Å². The zero-order valence-electron chi connectivity index (χ0n) is 9.67. The lowest BCUT2D eigenvalue weighted by Crippen LogP contribution is -2.23. The average molecular weight is 223 g/mol. The summed E-state index contributed by atoms with van der Waals surface area (Å²) >= 11 is 0. The number of aryl methyl sites for hydroxylation is 1. The smallest absolute Gasteiger partial charge is 0.234 e. The van der Waals surface area contributed by atoms with Crippen LogP contribution < -0.4 is 10.6 Å². The molecule has 0 spiro atoms. The van der Waals surface area contributed by atoms with Crippen LogP contribution in [0.2, 0.25) is 0 Å². The molecule has 1 heterocycles. The highest BCUT2D eigenvalue weighted by Crippen LogP contribution is 2.19. The highest BCUT2D eigenvalue weighted by atomic mass is 16.5. The van der Waals surface area contributed by atoms with Gasteiger partial charge >= 0.3 is 0 Å². The molecule has 0 radical (unpaired) electrons. The number of aromatic nitrogens is 1. The summed E-state index contributed by atoms with van der Waals surface area (Å²) in [6.45, 7) is 4.45. The monoisotopic (exact) mass is 223 g/mol. The average Bonchev–Trinajstić information content (AvgIpc) is 3.01. The van der Waals surface area contributed by atoms with Gasteiger partial charge in [-0.3, -0.25) is 10.1 Å². The molecule has 0 aromatic carbocycles. The van der Waals surface area contributed by atoms with Gasteiger partial charge in [0.05, 0.1) is 5.69 Å². The molecule has 2 rings (SSSR count). The second kappa shape index (κ2) is 4.65. The molecular formula is C11H17N3O2. The fourth-order valence-corrected chi connectivity index (χ4v) is 1.40. The van der Waals surface area contributed by atoms with Crippen molar-refractivity contribution in [3.63, 3.8) is 0 Å². The minimum Gasteiger partial charge on any atom is -0.338 e. The molecular weight excluding hydrogens is 206 g/mol. The molecule has 5 heteroatoms. The molecule has 0 aliphatic heterocycles. The molecule has 1 amide bonds. The van der Waals surface area contributed by atoms with Crippen LogP contribution in [-0.2, 0) is 4.79 Å². The van der Waals surface area contributed by atoms with Crippen molar-refractivity contribution in [3.8, 4) is 0 Å². The first-order valence-electron chi connectivity index (χ1n) is 5.63. The summed E-state index contributed by atoms with van der Waals surface area (Å²) in [5, 5.41) is 9.79. The molecule has 0 saturated heterocycles. The molecule has 0 bridgehead atoms. The lowest BCUT2D eigenvalue weighted by atomic mass is 10.3. The number of amides is 1. The van der Waals surface area contributed by atoms with E-state index in [0.717, 1.165) is 17.8 Å². The van der Waals surface area contributed by atoms with Crippen LogP contribution in [0.4, 0.5) is 5.88 Å². The Morgan fingerprint density at radius 1 is 1.50 bits per heavy atom. The molecule has 5 nitrogen and oxygen atoms in total. The van der Waals surface area contributed by atoms with E-state index in [4.69, 9.17) is 4.52 Å². The third-order valence-corrected chi connectivity index (χ3v) is 2.77. The van der Waals surface area contributed by atoms with E-state index < -0.39 is 0 Å². The molecule has 1 aromatic rings. The molecule has 88 valence electrons. The summed E-state index contributed by atoms with van der Waals surface area (Å²) in [5.74, 6) is 0.432. The minimum atomic E-state index is -0.0348. The van der Waals surface area contributed by atoms with Crippen LogP contribution in [-0.4, -0.2) is 23.7 Å². The Balaban J connectivity index is 1.75. The SMILES string of the molecule is Cc1noc(NC(=O)CCNC2CC2)c1C. The number of hydrogen-bond acceptors (Lipinski definition) is 4. The zero-order chi connectivity index (χ0) is 11.5. The van der Waals surface area contributed by atoms with Crippen LogP contribution in [0.15, 0.2) is 4.52 Å². The topological polar surface area (TPSA) is 67.2 Å². The maximum Gasteiger partial charge on any atom is 0.234 e. The Bertz CT molecular complexity index is 383. The predicted octanol–water partition coefficient (Wildman–Crippen LogP) is 1.37. The predicted molar refractivity (Wildman–Crippen MR) is 60.2 cm³/mol. The minimum absolute atomic E-state index is 0.0348. The summed E-state index contributed by atoms with van der Waals surface area (Å²) < 4.78 is 5.00. The van der Waals surface area contributed by atoms with Crippen molar-refractivity contribution in [2.24, 2.45) is 0 Å². The summed E-state index contributed by atoms with van der Waals surface area (Å²) in [4.78, 5) is 11.5. The van der Waals surface area contributed by atoms with Gasteiger partial charge in [-0.15, -0.1) is 0 Å². The summed E-state index contributed by atoms with van der Waals surface area (Å²) in [6, 6.07) is 0.641. The summed E-state index contributed by atoms with van der Waals surface area (Å²) in [7, 11) is 0. The van der Waals surface area contributed by atoms with Crippen LogP contribution in [0.3, 0.4) is 0 Å². The van der Waals surface area contributed by atoms with Gasteiger partial charge in [0.25, 0.3) is 0 Å². The number of nitrogens with zero attached hydrogens (tertiary/aromatic N) is 1. The van der Waals surface area contributed by atoms with E-state index in [2.05, 4.69) is 15.8 Å². The number of carbonyl (C=O) groups is 1. The van der Waals surface area contributed by atoms with Crippen molar-refractivity contribution in [1.29, 1.82) is 0 Å². The van der Waals surface area contributed by atoms with Crippen LogP contribution in [0.1, 0.15) is 30.5 Å². The molecule has 1 aromatic heterocycles. The summed E-state index contributed by atoms with van der Waals surface area (Å²) in [5.41, 5.74) is 1.70. The Labute approximate surface area is 94.6 Å². The maximum atomic E-state index is 11.5. The van der Waals surface area contributed by atoms with Crippen LogP contribution >= 0.6 is 0 Å². The van der Waals surface area contributed by atoms with E-state index >= 15 is 0 Å². The van der Waals surface area contributed by atoms with Gasteiger partial charge in [0.1, 0.15) is 0 Å². The Morgan fingerprint density at radius 3 is 2.81 bits per heavy atom. The van der Waals surface area contributed by atoms with Crippen LogP contribution in [0.25, 0.3) is 0 Å². The van der Waals surface area contributed by atoms with Gasteiger partial charge in [0.2, 0.25) is 11.8 Å². The second-order valence-electron chi connectivity index (χ2n) is 4.25. The van der Waals surface area contributed by atoms with Gasteiger partial charge in [0.15, 0.2) is 0 Å². The first kappa shape index (κ1) is 11.1. The largest absolute Gasteiger partial charge is 0.338 e. The van der Waals surface area contributed by atoms with E-state index in [1.807, 2.05) is 13.8 Å². The van der Waals surface area contributed by atoms with Crippen molar-refractivity contribution in [2.45, 2.75) is 39.2 Å². The third kappa shape index (κ3) is 2.82. The van der Waals surface area contributed by atoms with Crippen molar-refractivity contribution < 1.29 is 9.32 Å². The molecule has 0 unspecified atom stereocenters. The van der Waals surface area contributed by atoms with Crippen molar-refractivity contribution in [2.75, 3.05) is 11.9 Å². The molecule has 1 aliphatic rings. The molecule has 1 saturated carbocycles. The van der Waals surface area contributed by atoms with E-state index in [-0.39, 0.29) is 5.91 Å². The third-order valence-electron chi connectivity index (χ3n) is 2.77. The standard InChI is InChI=1S/C11H17N3O2/c1-7-8(2)14-16-11(7)13-10(15)5-6-12-9-3-4-9/h9,12H,3-6H2,1-2H3,(H,13,15). The second-order valence-corrected chi connectivity index (χ2v) is 4.25. The van der Waals surface area contributed by atoms with Crippen LogP contribution in [0.5, 0.6) is 0 Å². The van der Waals surface area contributed by atoms with Gasteiger partial charge in [-0.25, -0.2) is 0 Å². The van der Waals surface area contributed by atoms with Crippen molar-refractivity contribution >= 4 is 11.8 Å². The lowest BCUT2D eigenvalue weighted by Gasteiger charge is -2.03. The van der Waals surface area contributed by atoms with Gasteiger partial charge in [-0.2, -0.15) is 0 Å². The Kier molecular flexibility index (Phi) is 3.24. The van der Waals surface area contributed by atoms with Gasteiger partial charge in [-0.1, -0.05) is 5.16 Å². The zero-order valence-corrected chi connectivity index (χ0v) is 9.67. The van der Waals surface area contributed by atoms with Crippen LogP contribution in [0, 0.1) is 13.8 Å². The fraction of sp³-hybridized carbons (Fsp3) is 0.636. The summed E-state index contributed by atoms with van der Waals surface area (Å²) in [6.07, 6.45) is 2.94. The highest BCUT2D eigenvalue weighted by Gasteiger charge is 2.20. The first-order chi connectivity index (χ1) is 7.66. The normalized spacial score (nSPS) is 15.1. The molecule has 1 aliphatic carbocycles. The number of rotatable bonds is 5. The highest BCUT2D eigenvalue weighted by molar-refractivity contribution is 5.90. The number of hydrogen-bond donors (Lipinski definition) is 2. The van der Waals surface area contributed by atoms with Gasteiger partial charge < -0.3 is 9.84 Å². The fourth-order valence-electron chi connectivity index (χ4n) is 1.40. The Hall–Kier alpha value is -1.36. The van der Waals surface area contributed by atoms with Crippen molar-refractivity contribution in [3.05, 3.63) is 11.3 Å². The molecule has 1 fully saturated rings. The van der Waals surface area contributed by atoms with E-state index in [1.54, 1.807) is 0 Å². The molecule has 16 heavy (non-hydrogen) atoms. The number of nitrogens with one attached hydrogen (secondary N) is 2. The quantitative estimate of drug-likeness (QED) is 0.791. The van der Waals surface area contributed by atoms with E-state index in [9.17, 15) is 4.79 Å². The lowest BCUT2D eigenvalue weighted by molar-refractivity contribution is -0.116. The maximum absolute atomic E-state index is 11.5. The van der Waals surface area contributed by atoms with Crippen molar-refractivity contribution in [1.82, 2.24) is 10.5 Å². The van der Waals surface area contributed by atoms with Gasteiger partial charge in [-0.05, 0) is 26.7 Å². The van der Waals surface area contributed by atoms with E-state index in [0.29, 0.717) is 18.3 Å². The molecule has 2 N–H and O–H groups in total. The first-order valence-corrected chi connectivity index (χ1v) is 5.63. The van der Waals surface area contributed by atoms with E-state index in [1.165, 1.54) is 12.8 Å². The number of anilines is 1. The number of carbonyl (C=O) groups excluding carboxylic acids is 1.